The molecule has 2 aromatic carbocycles. The van der Waals surface area contributed by atoms with Crippen LogP contribution in [0.4, 0.5) is 10.8 Å². The van der Waals surface area contributed by atoms with Crippen molar-refractivity contribution in [2.45, 2.75) is 6.42 Å². The first-order valence-electron chi connectivity index (χ1n) is 11.0. The largest absolute Gasteiger partial charge is 0.355 e. The van der Waals surface area contributed by atoms with Gasteiger partial charge in [0.25, 0.3) is 5.91 Å². The molecule has 1 fully saturated rings. The highest BCUT2D eigenvalue weighted by molar-refractivity contribution is 7.14. The Hall–Kier alpha value is -2.65. The molecule has 1 aromatic heterocycles. The van der Waals surface area contributed by atoms with E-state index < -0.39 is 0 Å². The van der Waals surface area contributed by atoms with Crippen LogP contribution in [0, 0.1) is 0 Å². The minimum atomic E-state index is -0.106. The van der Waals surface area contributed by atoms with Gasteiger partial charge < -0.3 is 15.5 Å². The van der Waals surface area contributed by atoms with Crippen molar-refractivity contribution in [3.63, 3.8) is 0 Å². The van der Waals surface area contributed by atoms with Gasteiger partial charge in [-0.1, -0.05) is 53.5 Å². The Bertz CT molecular complexity index is 1130. The minimum Gasteiger partial charge on any atom is -0.355 e. The second-order valence-electron chi connectivity index (χ2n) is 7.95. The maximum Gasteiger partial charge on any atom is 0.273 e. The molecule has 0 unspecified atom stereocenters. The monoisotopic (exact) mass is 517 g/mol. The molecule has 0 spiro atoms. The SMILES string of the molecule is O=C(CN1CCN(C(=O)c2csc(Nc3ccc(Cl)c(Cl)c3)n2)CC1)NCCc1ccccc1. The lowest BCUT2D eigenvalue weighted by Gasteiger charge is -2.33. The number of aromatic nitrogens is 1. The summed E-state index contributed by atoms with van der Waals surface area (Å²) in [7, 11) is 0. The molecule has 2 amide bonds. The zero-order chi connectivity index (χ0) is 23.9. The van der Waals surface area contributed by atoms with E-state index in [9.17, 15) is 9.59 Å². The lowest BCUT2D eigenvalue weighted by molar-refractivity contribution is -0.122. The van der Waals surface area contributed by atoms with E-state index in [0.29, 0.717) is 60.1 Å². The summed E-state index contributed by atoms with van der Waals surface area (Å²) in [5, 5.41) is 9.40. The molecular weight excluding hydrogens is 493 g/mol. The van der Waals surface area contributed by atoms with E-state index in [2.05, 4.69) is 32.7 Å². The summed E-state index contributed by atoms with van der Waals surface area (Å²) < 4.78 is 0. The molecule has 0 saturated carbocycles. The molecule has 1 aliphatic rings. The molecule has 178 valence electrons. The van der Waals surface area contributed by atoms with Gasteiger partial charge in [0.05, 0.1) is 16.6 Å². The third-order valence-electron chi connectivity index (χ3n) is 5.50. The summed E-state index contributed by atoms with van der Waals surface area (Å²) in [6.07, 6.45) is 0.810. The van der Waals surface area contributed by atoms with Gasteiger partial charge in [0.15, 0.2) is 5.13 Å². The van der Waals surface area contributed by atoms with E-state index in [1.54, 1.807) is 28.5 Å². The van der Waals surface area contributed by atoms with Gasteiger partial charge in [-0.3, -0.25) is 14.5 Å². The lowest BCUT2D eigenvalue weighted by atomic mass is 10.1. The second kappa shape index (κ2) is 11.7. The van der Waals surface area contributed by atoms with E-state index in [4.69, 9.17) is 23.2 Å². The van der Waals surface area contributed by atoms with Gasteiger partial charge in [0.2, 0.25) is 5.91 Å². The van der Waals surface area contributed by atoms with Crippen LogP contribution in [0.1, 0.15) is 16.1 Å². The number of amides is 2. The van der Waals surface area contributed by atoms with Crippen LogP contribution in [0.3, 0.4) is 0 Å². The quantitative estimate of drug-likeness (QED) is 0.465. The highest BCUT2D eigenvalue weighted by Gasteiger charge is 2.24. The summed E-state index contributed by atoms with van der Waals surface area (Å²) in [4.78, 5) is 33.4. The number of nitrogens with zero attached hydrogens (tertiary/aromatic N) is 3. The van der Waals surface area contributed by atoms with Crippen LogP contribution in [0.5, 0.6) is 0 Å². The number of piperazine rings is 1. The molecule has 0 radical (unpaired) electrons. The Balaban J connectivity index is 1.20. The van der Waals surface area contributed by atoms with Crippen molar-refractivity contribution < 1.29 is 9.59 Å². The average Bonchev–Trinajstić information content (AvgIpc) is 3.30. The maximum absolute atomic E-state index is 12.9. The number of hydrogen-bond donors (Lipinski definition) is 2. The minimum absolute atomic E-state index is 0.00762. The summed E-state index contributed by atoms with van der Waals surface area (Å²) in [6.45, 7) is 3.37. The van der Waals surface area contributed by atoms with Crippen molar-refractivity contribution in [2.24, 2.45) is 0 Å². The number of carbonyl (C=O) groups excluding carboxylic acids is 2. The number of hydrogen-bond acceptors (Lipinski definition) is 6. The normalized spacial score (nSPS) is 14.1. The van der Waals surface area contributed by atoms with Gasteiger partial charge in [-0.2, -0.15) is 0 Å². The fourth-order valence-electron chi connectivity index (χ4n) is 3.65. The average molecular weight is 518 g/mol. The van der Waals surface area contributed by atoms with E-state index >= 15 is 0 Å². The van der Waals surface area contributed by atoms with Crippen LogP contribution < -0.4 is 10.6 Å². The highest BCUT2D eigenvalue weighted by Crippen LogP contribution is 2.28. The molecular formula is C24H25Cl2N5O2S. The number of nitrogens with one attached hydrogen (secondary N) is 2. The van der Waals surface area contributed by atoms with Crippen molar-refractivity contribution >= 4 is 57.2 Å². The topological polar surface area (TPSA) is 77.6 Å². The fourth-order valence-corrected chi connectivity index (χ4v) is 4.65. The first kappa shape index (κ1) is 24.5. The number of rotatable bonds is 8. The Morgan fingerprint density at radius 2 is 1.76 bits per heavy atom. The van der Waals surface area contributed by atoms with Gasteiger partial charge >= 0.3 is 0 Å². The van der Waals surface area contributed by atoms with Crippen molar-refractivity contribution in [2.75, 3.05) is 44.6 Å². The lowest BCUT2D eigenvalue weighted by Crippen LogP contribution is -2.51. The van der Waals surface area contributed by atoms with E-state index in [1.807, 2.05) is 18.2 Å². The first-order valence-corrected chi connectivity index (χ1v) is 12.6. The molecule has 3 aromatic rings. The standard InChI is InChI=1S/C24H25Cl2N5O2S/c25-19-7-6-18(14-20(19)26)28-24-29-21(16-34-24)23(33)31-12-10-30(11-13-31)15-22(32)27-9-8-17-4-2-1-3-5-17/h1-7,14,16H,8-13,15H2,(H,27,32)(H,28,29). The molecule has 4 rings (SSSR count). The Morgan fingerprint density at radius 1 is 1.00 bits per heavy atom. The van der Waals surface area contributed by atoms with Crippen LogP contribution >= 0.6 is 34.5 Å². The van der Waals surface area contributed by atoms with Gasteiger partial charge in [0.1, 0.15) is 5.69 Å². The Morgan fingerprint density at radius 3 is 2.50 bits per heavy atom. The van der Waals surface area contributed by atoms with Crippen molar-refractivity contribution in [1.82, 2.24) is 20.1 Å². The third kappa shape index (κ3) is 6.70. The maximum atomic E-state index is 12.9. The number of carbonyl (C=O) groups is 2. The van der Waals surface area contributed by atoms with Crippen LogP contribution in [-0.2, 0) is 11.2 Å². The molecule has 1 aliphatic heterocycles. The molecule has 2 N–H and O–H groups in total. The zero-order valence-electron chi connectivity index (χ0n) is 18.5. The van der Waals surface area contributed by atoms with Crippen LogP contribution in [0.15, 0.2) is 53.9 Å². The predicted molar refractivity (Wildman–Crippen MR) is 137 cm³/mol. The van der Waals surface area contributed by atoms with Gasteiger partial charge in [-0.25, -0.2) is 4.98 Å². The van der Waals surface area contributed by atoms with Gasteiger partial charge in [0, 0.05) is 43.8 Å². The molecule has 2 heterocycles. The summed E-state index contributed by atoms with van der Waals surface area (Å²) in [5.41, 5.74) is 2.35. The summed E-state index contributed by atoms with van der Waals surface area (Å²) in [6, 6.07) is 15.3. The predicted octanol–water partition coefficient (Wildman–Crippen LogP) is 4.31. The fraction of sp³-hybridized carbons (Fsp3) is 0.292. The number of thiazole rings is 1. The summed E-state index contributed by atoms with van der Waals surface area (Å²) in [5.74, 6) is -0.0985. The zero-order valence-corrected chi connectivity index (χ0v) is 20.8. The highest BCUT2D eigenvalue weighted by atomic mass is 35.5. The molecule has 34 heavy (non-hydrogen) atoms. The van der Waals surface area contributed by atoms with Crippen LogP contribution in [0.2, 0.25) is 10.0 Å². The van der Waals surface area contributed by atoms with Crippen molar-refractivity contribution in [3.8, 4) is 0 Å². The molecule has 10 heteroatoms. The van der Waals surface area contributed by atoms with Crippen molar-refractivity contribution in [3.05, 3.63) is 75.2 Å². The van der Waals surface area contributed by atoms with Gasteiger partial charge in [-0.05, 0) is 30.2 Å². The smallest absolute Gasteiger partial charge is 0.273 e. The first-order chi connectivity index (χ1) is 16.5. The van der Waals surface area contributed by atoms with Gasteiger partial charge in [-0.15, -0.1) is 11.3 Å². The van der Waals surface area contributed by atoms with Crippen LogP contribution in [0.25, 0.3) is 0 Å². The number of halogens is 2. The molecule has 0 aliphatic carbocycles. The van der Waals surface area contributed by atoms with Crippen LogP contribution in [-0.4, -0.2) is 65.9 Å². The molecule has 7 nitrogen and oxygen atoms in total. The number of benzene rings is 2. The Kier molecular flexibility index (Phi) is 8.39. The second-order valence-corrected chi connectivity index (χ2v) is 9.62. The third-order valence-corrected chi connectivity index (χ3v) is 7.00. The molecule has 1 saturated heterocycles. The Labute approximate surface area is 212 Å². The molecule has 0 atom stereocenters. The summed E-state index contributed by atoms with van der Waals surface area (Å²) >= 11 is 13.4. The van der Waals surface area contributed by atoms with E-state index in [-0.39, 0.29) is 11.8 Å². The van der Waals surface area contributed by atoms with E-state index in [0.717, 1.165) is 12.1 Å². The van der Waals surface area contributed by atoms with E-state index in [1.165, 1.54) is 16.9 Å². The molecule has 0 bridgehead atoms. The number of anilines is 2. The van der Waals surface area contributed by atoms with Crippen molar-refractivity contribution in [1.29, 1.82) is 0 Å².